The molecule has 18 heavy (non-hydrogen) atoms. The second-order valence-electron chi connectivity index (χ2n) is 5.11. The van der Waals surface area contributed by atoms with E-state index in [0.717, 1.165) is 0 Å². The van der Waals surface area contributed by atoms with E-state index in [4.69, 9.17) is 5.11 Å². The molecule has 0 aromatic rings. The molecule has 6 nitrogen and oxygen atoms in total. The summed E-state index contributed by atoms with van der Waals surface area (Å²) in [6.07, 6.45) is 1.77. The number of carboxylic acid groups (broad SMARTS) is 1. The number of aliphatic carboxylic acids is 1. The summed E-state index contributed by atoms with van der Waals surface area (Å²) in [7, 11) is -1.72. The smallest absolute Gasteiger partial charge is 0.306 e. The highest BCUT2D eigenvalue weighted by Gasteiger charge is 2.44. The summed E-state index contributed by atoms with van der Waals surface area (Å²) in [4.78, 5) is 24.2. The van der Waals surface area contributed by atoms with Crippen molar-refractivity contribution in [1.82, 2.24) is 4.90 Å². The molecule has 1 N–H and O–H groups in total. The number of amides is 1. The molecule has 2 fully saturated rings. The summed E-state index contributed by atoms with van der Waals surface area (Å²) < 4.78 is 23.3. The minimum Gasteiger partial charge on any atom is -0.481 e. The average molecular weight is 275 g/mol. The van der Waals surface area contributed by atoms with Crippen LogP contribution in [-0.4, -0.2) is 54.4 Å². The van der Waals surface area contributed by atoms with E-state index in [9.17, 15) is 18.0 Å². The Morgan fingerprint density at radius 2 is 1.89 bits per heavy atom. The van der Waals surface area contributed by atoms with Crippen LogP contribution in [0.2, 0.25) is 0 Å². The standard InChI is InChI=1S/C11H17NO5S/c1-12(8-5-7(6-8)11(14)15)10(13)9-3-2-4-18(9,16)17/h7-9H,2-6H2,1H3,(H,14,15). The Balaban J connectivity index is 1.97. The van der Waals surface area contributed by atoms with E-state index in [0.29, 0.717) is 25.7 Å². The molecule has 1 saturated carbocycles. The molecule has 7 heteroatoms. The summed E-state index contributed by atoms with van der Waals surface area (Å²) in [5.74, 6) is -1.54. The SMILES string of the molecule is CN(C(=O)C1CCCS1(=O)=O)C1CC(C(=O)O)C1. The zero-order valence-corrected chi connectivity index (χ0v) is 11.0. The molecule has 1 atom stereocenters. The highest BCUT2D eigenvalue weighted by molar-refractivity contribution is 7.93. The van der Waals surface area contributed by atoms with Crippen LogP contribution in [0.1, 0.15) is 25.7 Å². The van der Waals surface area contributed by atoms with Gasteiger partial charge in [0, 0.05) is 13.1 Å². The first-order valence-corrected chi connectivity index (χ1v) is 7.75. The number of carboxylic acids is 1. The Kier molecular flexibility index (Phi) is 3.35. The molecule has 1 heterocycles. The maximum absolute atomic E-state index is 12.1. The lowest BCUT2D eigenvalue weighted by Gasteiger charge is -2.39. The van der Waals surface area contributed by atoms with Crippen molar-refractivity contribution in [1.29, 1.82) is 0 Å². The zero-order valence-electron chi connectivity index (χ0n) is 10.2. The Labute approximate surface area is 106 Å². The second kappa shape index (κ2) is 4.53. The van der Waals surface area contributed by atoms with Gasteiger partial charge in [-0.05, 0) is 25.7 Å². The number of rotatable bonds is 3. The Morgan fingerprint density at radius 3 is 2.33 bits per heavy atom. The van der Waals surface area contributed by atoms with Crippen LogP contribution in [-0.2, 0) is 19.4 Å². The lowest BCUT2D eigenvalue weighted by atomic mass is 9.79. The predicted molar refractivity (Wildman–Crippen MR) is 63.7 cm³/mol. The third-order valence-corrected chi connectivity index (χ3v) is 6.12. The molecule has 2 aliphatic rings. The molecule has 1 aliphatic carbocycles. The van der Waals surface area contributed by atoms with Crippen LogP contribution in [0.5, 0.6) is 0 Å². The quantitative estimate of drug-likeness (QED) is 0.775. The van der Waals surface area contributed by atoms with Gasteiger partial charge in [-0.25, -0.2) is 8.42 Å². The maximum atomic E-state index is 12.1. The van der Waals surface area contributed by atoms with Crippen LogP contribution in [0.15, 0.2) is 0 Å². The predicted octanol–water partition coefficient (Wildman–Crippen LogP) is -0.115. The lowest BCUT2D eigenvalue weighted by molar-refractivity contribution is -0.150. The van der Waals surface area contributed by atoms with Gasteiger partial charge in [0.15, 0.2) is 9.84 Å². The average Bonchev–Trinajstić information content (AvgIpc) is 2.53. The molecule has 102 valence electrons. The maximum Gasteiger partial charge on any atom is 0.306 e. The van der Waals surface area contributed by atoms with Crippen LogP contribution >= 0.6 is 0 Å². The van der Waals surface area contributed by atoms with Gasteiger partial charge in [0.2, 0.25) is 5.91 Å². The number of sulfone groups is 1. The molecule has 1 amide bonds. The third kappa shape index (κ3) is 2.23. The summed E-state index contributed by atoms with van der Waals surface area (Å²) in [5, 5.41) is 7.86. The van der Waals surface area contributed by atoms with E-state index >= 15 is 0 Å². The Morgan fingerprint density at radius 1 is 1.28 bits per heavy atom. The van der Waals surface area contributed by atoms with Gasteiger partial charge in [-0.2, -0.15) is 0 Å². The molecule has 0 aromatic heterocycles. The highest BCUT2D eigenvalue weighted by Crippen LogP contribution is 2.33. The van der Waals surface area contributed by atoms with E-state index in [1.54, 1.807) is 7.05 Å². The van der Waals surface area contributed by atoms with E-state index in [-0.39, 0.29) is 17.7 Å². The van der Waals surface area contributed by atoms with Crippen molar-refractivity contribution in [3.63, 3.8) is 0 Å². The molecule has 0 bridgehead atoms. The molecule has 0 aromatic carbocycles. The van der Waals surface area contributed by atoms with Crippen molar-refractivity contribution in [3.8, 4) is 0 Å². The lowest BCUT2D eigenvalue weighted by Crippen LogP contribution is -2.51. The monoisotopic (exact) mass is 275 g/mol. The summed E-state index contributed by atoms with van der Waals surface area (Å²) >= 11 is 0. The topological polar surface area (TPSA) is 91.8 Å². The van der Waals surface area contributed by atoms with Crippen LogP contribution in [0.4, 0.5) is 0 Å². The van der Waals surface area contributed by atoms with Crippen molar-refractivity contribution in [2.24, 2.45) is 5.92 Å². The fraction of sp³-hybridized carbons (Fsp3) is 0.818. The largest absolute Gasteiger partial charge is 0.481 e. The van der Waals surface area contributed by atoms with E-state index in [1.165, 1.54) is 4.90 Å². The van der Waals surface area contributed by atoms with E-state index in [2.05, 4.69) is 0 Å². The normalized spacial score (nSPS) is 33.7. The van der Waals surface area contributed by atoms with Gasteiger partial charge in [-0.1, -0.05) is 0 Å². The summed E-state index contributed by atoms with van der Waals surface area (Å²) in [6, 6.07) is -0.130. The van der Waals surface area contributed by atoms with Crippen LogP contribution in [0.3, 0.4) is 0 Å². The number of hydrogen-bond donors (Lipinski definition) is 1. The van der Waals surface area contributed by atoms with Crippen molar-refractivity contribution in [2.45, 2.75) is 37.0 Å². The second-order valence-corrected chi connectivity index (χ2v) is 7.41. The zero-order chi connectivity index (χ0) is 13.5. The molecule has 2 rings (SSSR count). The summed E-state index contributed by atoms with van der Waals surface area (Å²) in [5.41, 5.74) is 0. The highest BCUT2D eigenvalue weighted by atomic mass is 32.2. The number of carbonyl (C=O) groups excluding carboxylic acids is 1. The summed E-state index contributed by atoms with van der Waals surface area (Å²) in [6.45, 7) is 0. The van der Waals surface area contributed by atoms with Gasteiger partial charge in [-0.3, -0.25) is 9.59 Å². The van der Waals surface area contributed by atoms with E-state index < -0.39 is 27.0 Å². The van der Waals surface area contributed by atoms with Gasteiger partial charge in [-0.15, -0.1) is 0 Å². The Bertz CT molecular complexity index is 466. The van der Waals surface area contributed by atoms with Crippen LogP contribution in [0.25, 0.3) is 0 Å². The molecule has 1 aliphatic heterocycles. The van der Waals surface area contributed by atoms with Crippen LogP contribution < -0.4 is 0 Å². The van der Waals surface area contributed by atoms with Gasteiger partial charge in [0.1, 0.15) is 5.25 Å². The number of nitrogens with zero attached hydrogens (tertiary/aromatic N) is 1. The van der Waals surface area contributed by atoms with Crippen molar-refractivity contribution in [2.75, 3.05) is 12.8 Å². The molecule has 0 spiro atoms. The molecule has 1 unspecified atom stereocenters. The molecular weight excluding hydrogens is 258 g/mol. The Hall–Kier alpha value is -1.11. The van der Waals surface area contributed by atoms with Gasteiger partial charge >= 0.3 is 5.97 Å². The molecule has 0 radical (unpaired) electrons. The van der Waals surface area contributed by atoms with Gasteiger partial charge in [0.05, 0.1) is 11.7 Å². The molecule has 1 saturated heterocycles. The first kappa shape index (κ1) is 13.3. The minimum absolute atomic E-state index is 0.0830. The fourth-order valence-electron chi connectivity index (χ4n) is 2.58. The van der Waals surface area contributed by atoms with Crippen molar-refractivity contribution >= 4 is 21.7 Å². The third-order valence-electron chi connectivity index (χ3n) is 3.96. The van der Waals surface area contributed by atoms with Gasteiger partial charge in [0.25, 0.3) is 0 Å². The minimum atomic E-state index is -3.29. The number of hydrogen-bond acceptors (Lipinski definition) is 4. The first-order chi connectivity index (χ1) is 8.33. The van der Waals surface area contributed by atoms with Gasteiger partial charge < -0.3 is 10.0 Å². The van der Waals surface area contributed by atoms with E-state index in [1.807, 2.05) is 0 Å². The first-order valence-electron chi connectivity index (χ1n) is 6.04. The van der Waals surface area contributed by atoms with Crippen LogP contribution in [0, 0.1) is 5.92 Å². The molecular formula is C11H17NO5S. The van der Waals surface area contributed by atoms with Crippen molar-refractivity contribution in [3.05, 3.63) is 0 Å². The van der Waals surface area contributed by atoms with Crippen molar-refractivity contribution < 1.29 is 23.1 Å². The number of carbonyl (C=O) groups is 2. The fourth-order valence-corrected chi connectivity index (χ4v) is 4.43.